The number of likely N-dealkylation sites (tertiary alicyclic amines) is 1. The van der Waals surface area contributed by atoms with Gasteiger partial charge in [-0.15, -0.1) is 0 Å². The highest BCUT2D eigenvalue weighted by Gasteiger charge is 2.55. The van der Waals surface area contributed by atoms with Gasteiger partial charge in [0.25, 0.3) is 5.91 Å². The molecule has 37 heavy (non-hydrogen) atoms. The number of amides is 3. The number of nitrogens with zero attached hydrogens (tertiary/aromatic N) is 1. The molecular formula is C30H50N3O4. The second kappa shape index (κ2) is 11.6. The van der Waals surface area contributed by atoms with E-state index >= 15 is 0 Å². The van der Waals surface area contributed by atoms with E-state index in [4.69, 9.17) is 5.73 Å². The first-order valence-electron chi connectivity index (χ1n) is 15.1. The van der Waals surface area contributed by atoms with Gasteiger partial charge in [0.1, 0.15) is 6.04 Å². The van der Waals surface area contributed by atoms with Crippen LogP contribution in [0.4, 0.5) is 0 Å². The second-order valence-electron chi connectivity index (χ2n) is 13.3. The molecule has 1 saturated heterocycles. The maximum Gasteiger partial charge on any atom is 0.251 e. The van der Waals surface area contributed by atoms with E-state index < -0.39 is 23.6 Å². The van der Waals surface area contributed by atoms with Crippen molar-refractivity contribution in [2.45, 2.75) is 141 Å². The Labute approximate surface area is 223 Å². The van der Waals surface area contributed by atoms with Gasteiger partial charge in [-0.25, -0.2) is 0 Å². The number of hydrogen-bond acceptors (Lipinski definition) is 4. The highest BCUT2D eigenvalue weighted by molar-refractivity contribution is 5.93. The quantitative estimate of drug-likeness (QED) is 0.381. The number of primary amides is 1. The predicted molar refractivity (Wildman–Crippen MR) is 144 cm³/mol. The van der Waals surface area contributed by atoms with Crippen LogP contribution in [0.5, 0.6) is 0 Å². The third kappa shape index (κ3) is 6.34. The maximum atomic E-state index is 13.9. The largest absolute Gasteiger partial charge is 0.378 e. The summed E-state index contributed by atoms with van der Waals surface area (Å²) in [7, 11) is 0. The van der Waals surface area contributed by atoms with Gasteiger partial charge < -0.3 is 21.1 Å². The van der Waals surface area contributed by atoms with Gasteiger partial charge in [-0.3, -0.25) is 14.4 Å². The lowest BCUT2D eigenvalue weighted by molar-refractivity contribution is -0.147. The molecule has 4 N–H and O–H groups in total. The summed E-state index contributed by atoms with van der Waals surface area (Å²) in [4.78, 5) is 41.9. The van der Waals surface area contributed by atoms with E-state index in [1.54, 1.807) is 0 Å². The van der Waals surface area contributed by atoms with Crippen molar-refractivity contribution in [2.24, 2.45) is 28.9 Å². The molecule has 0 aromatic carbocycles. The van der Waals surface area contributed by atoms with Gasteiger partial charge in [0, 0.05) is 6.04 Å². The van der Waals surface area contributed by atoms with Crippen LogP contribution in [-0.2, 0) is 14.4 Å². The summed E-state index contributed by atoms with van der Waals surface area (Å²) in [6.45, 7) is 6.28. The molecule has 0 bridgehead atoms. The van der Waals surface area contributed by atoms with Crippen LogP contribution in [0.1, 0.15) is 117 Å². The van der Waals surface area contributed by atoms with Crippen LogP contribution < -0.4 is 11.1 Å². The molecule has 0 aromatic heterocycles. The van der Waals surface area contributed by atoms with Crippen molar-refractivity contribution in [3.63, 3.8) is 0 Å². The van der Waals surface area contributed by atoms with Crippen LogP contribution in [-0.4, -0.2) is 51.5 Å². The molecule has 7 heteroatoms. The summed E-state index contributed by atoms with van der Waals surface area (Å²) in [5.74, 6) is -0.267. The number of hydrogen-bond donors (Lipinski definition) is 3. The van der Waals surface area contributed by atoms with Crippen LogP contribution in [0.2, 0.25) is 0 Å². The Hall–Kier alpha value is -1.63. The van der Waals surface area contributed by atoms with E-state index in [9.17, 15) is 19.5 Å². The Kier molecular flexibility index (Phi) is 8.92. The number of fused-ring (bicyclic) bond motifs is 1. The summed E-state index contributed by atoms with van der Waals surface area (Å²) >= 11 is 0. The fraction of sp³-hybridized carbons (Fsp3) is 0.867. The molecule has 5 unspecified atom stereocenters. The van der Waals surface area contributed by atoms with E-state index in [2.05, 4.69) is 19.2 Å². The summed E-state index contributed by atoms with van der Waals surface area (Å²) in [6, 6.07) is -1.22. The third-order valence-electron chi connectivity index (χ3n) is 9.72. The normalized spacial score (nSPS) is 29.3. The van der Waals surface area contributed by atoms with Crippen LogP contribution >= 0.6 is 0 Å². The lowest BCUT2D eigenvalue weighted by atomic mass is 9.74. The molecule has 0 aromatic rings. The average molecular weight is 517 g/mol. The topological polar surface area (TPSA) is 113 Å². The van der Waals surface area contributed by atoms with Gasteiger partial charge in [0.2, 0.25) is 11.8 Å². The first kappa shape index (κ1) is 28.4. The van der Waals surface area contributed by atoms with Gasteiger partial charge in [0.05, 0.1) is 12.5 Å². The zero-order chi connectivity index (χ0) is 26.8. The minimum absolute atomic E-state index is 0.0326. The van der Waals surface area contributed by atoms with Crippen molar-refractivity contribution in [1.29, 1.82) is 0 Å². The molecule has 1 aliphatic heterocycles. The highest BCUT2D eigenvalue weighted by atomic mass is 16.3. The van der Waals surface area contributed by atoms with Crippen molar-refractivity contribution in [2.75, 3.05) is 0 Å². The Morgan fingerprint density at radius 2 is 1.68 bits per heavy atom. The van der Waals surface area contributed by atoms with Crippen molar-refractivity contribution >= 4 is 17.7 Å². The fourth-order valence-electron chi connectivity index (χ4n) is 7.75. The van der Waals surface area contributed by atoms with Crippen molar-refractivity contribution in [3.05, 3.63) is 6.42 Å². The van der Waals surface area contributed by atoms with Crippen LogP contribution in [0, 0.1) is 29.6 Å². The van der Waals surface area contributed by atoms with Gasteiger partial charge in [-0.2, -0.15) is 0 Å². The number of aliphatic hydroxyl groups is 1. The molecule has 209 valence electrons. The summed E-state index contributed by atoms with van der Waals surface area (Å²) in [5.41, 5.74) is 3.72. The molecule has 4 aliphatic rings. The highest BCUT2D eigenvalue weighted by Crippen LogP contribution is 2.44. The van der Waals surface area contributed by atoms with E-state index in [0.29, 0.717) is 31.1 Å². The molecule has 3 aliphatic carbocycles. The Balaban J connectivity index is 1.50. The molecule has 1 radical (unpaired) electrons. The van der Waals surface area contributed by atoms with Crippen LogP contribution in [0.15, 0.2) is 0 Å². The van der Waals surface area contributed by atoms with E-state index in [1.807, 2.05) is 18.2 Å². The average Bonchev–Trinajstić information content (AvgIpc) is 3.63. The number of nitrogens with two attached hydrogens (primary N) is 1. The van der Waals surface area contributed by atoms with Crippen LogP contribution in [0.25, 0.3) is 0 Å². The molecule has 4 rings (SSSR count). The Bertz CT molecular complexity index is 835. The lowest BCUT2D eigenvalue weighted by Gasteiger charge is -2.38. The molecule has 7 nitrogen and oxygen atoms in total. The maximum absolute atomic E-state index is 13.9. The molecule has 4 fully saturated rings. The minimum atomic E-state index is -1.74. The zero-order valence-electron chi connectivity index (χ0n) is 23.3. The second-order valence-corrected chi connectivity index (χ2v) is 13.3. The number of carbonyl (C=O) groups is 3. The fourth-order valence-corrected chi connectivity index (χ4v) is 7.75. The number of rotatable bonds is 11. The lowest BCUT2D eigenvalue weighted by Crippen LogP contribution is -2.63. The van der Waals surface area contributed by atoms with E-state index in [0.717, 1.165) is 44.9 Å². The van der Waals surface area contributed by atoms with E-state index in [1.165, 1.54) is 32.1 Å². The molecule has 1 heterocycles. The zero-order valence-corrected chi connectivity index (χ0v) is 23.3. The predicted octanol–water partition coefficient (Wildman–Crippen LogP) is 4.26. The Morgan fingerprint density at radius 3 is 2.30 bits per heavy atom. The first-order chi connectivity index (χ1) is 17.6. The molecule has 3 saturated carbocycles. The Morgan fingerprint density at radius 1 is 1.03 bits per heavy atom. The van der Waals surface area contributed by atoms with Gasteiger partial charge in [-0.1, -0.05) is 72.1 Å². The van der Waals surface area contributed by atoms with Gasteiger partial charge >= 0.3 is 0 Å². The van der Waals surface area contributed by atoms with Gasteiger partial charge in [-0.05, 0) is 68.1 Å². The summed E-state index contributed by atoms with van der Waals surface area (Å²) in [5, 5.41) is 14.4. The third-order valence-corrected chi connectivity index (χ3v) is 9.72. The van der Waals surface area contributed by atoms with Gasteiger partial charge in [0.15, 0.2) is 5.60 Å². The van der Waals surface area contributed by atoms with Crippen molar-refractivity contribution in [3.8, 4) is 0 Å². The van der Waals surface area contributed by atoms with Crippen LogP contribution in [0.3, 0.4) is 0 Å². The molecular weight excluding hydrogens is 466 g/mol. The standard InChI is InChI=1S/C30H50N3O4/c1-4-10-25(30(37,28(31)36)22-15-16-22)32-27(35)24-17-21-13-8-9-14-23(21)33(24)26(34)19-29(2,3)18-20-11-6-5-7-12-20/h19-25,37H,4-18H2,1-3H3,(H2,31,36)(H,32,35). The summed E-state index contributed by atoms with van der Waals surface area (Å²) < 4.78 is 0. The summed E-state index contributed by atoms with van der Waals surface area (Å²) in [6.07, 6.45) is 16.7. The minimum Gasteiger partial charge on any atom is -0.378 e. The molecule has 3 amide bonds. The van der Waals surface area contributed by atoms with Crippen molar-refractivity contribution in [1.82, 2.24) is 10.2 Å². The smallest absolute Gasteiger partial charge is 0.251 e. The van der Waals surface area contributed by atoms with Crippen molar-refractivity contribution < 1.29 is 19.5 Å². The molecule has 5 atom stereocenters. The molecule has 0 spiro atoms. The number of nitrogens with one attached hydrogen (secondary N) is 1. The SMILES string of the molecule is CCCC(NC(=O)C1CC2CCCCC2N1C(=O)[CH]C(C)(C)CC1CCCCC1)C(O)(C(N)=O)C1CC1. The van der Waals surface area contributed by atoms with E-state index in [-0.39, 0.29) is 29.2 Å². The number of carbonyl (C=O) groups excluding carboxylic acids is 3. The monoisotopic (exact) mass is 516 g/mol. The first-order valence-corrected chi connectivity index (χ1v) is 15.1.